The van der Waals surface area contributed by atoms with Crippen LogP contribution in [-0.2, 0) is 4.79 Å². The van der Waals surface area contributed by atoms with Gasteiger partial charge >= 0.3 is 5.97 Å². The first-order valence-electron chi connectivity index (χ1n) is 5.59. The smallest absolute Gasteiger partial charge is 0.312 e. The molecule has 0 saturated carbocycles. The van der Waals surface area contributed by atoms with Crippen LogP contribution in [0.1, 0.15) is 22.0 Å². The molecule has 2 heterocycles. The lowest BCUT2D eigenvalue weighted by Gasteiger charge is -2.15. The van der Waals surface area contributed by atoms with Gasteiger partial charge in [0.2, 0.25) is 0 Å². The van der Waals surface area contributed by atoms with E-state index in [1.165, 1.54) is 11.1 Å². The number of carbonyl (C=O) groups excluding carboxylic acids is 1. The second-order valence-corrected chi connectivity index (χ2v) is 4.71. The SMILES string of the molecule is O=C(O)[C@@H]1CN(C(=O)c2cnsn2)c2ccccc21. The summed E-state index contributed by atoms with van der Waals surface area (Å²) in [4.78, 5) is 25.0. The minimum absolute atomic E-state index is 0.130. The van der Waals surface area contributed by atoms with Crippen molar-refractivity contribution >= 4 is 29.3 Å². The number of hydrogen-bond acceptors (Lipinski definition) is 5. The number of benzene rings is 1. The fourth-order valence-electron chi connectivity index (χ4n) is 2.21. The first-order chi connectivity index (χ1) is 9.18. The summed E-state index contributed by atoms with van der Waals surface area (Å²) < 4.78 is 7.69. The summed E-state index contributed by atoms with van der Waals surface area (Å²) >= 11 is 0.951. The number of hydrogen-bond donors (Lipinski definition) is 1. The summed E-state index contributed by atoms with van der Waals surface area (Å²) in [6.07, 6.45) is 1.39. The van der Waals surface area contributed by atoms with Gasteiger partial charge in [-0.2, -0.15) is 8.75 Å². The van der Waals surface area contributed by atoms with Gasteiger partial charge in [-0.1, -0.05) is 18.2 Å². The van der Waals surface area contributed by atoms with Crippen molar-refractivity contribution in [2.45, 2.75) is 5.92 Å². The van der Waals surface area contributed by atoms with Crippen LogP contribution in [0.3, 0.4) is 0 Å². The maximum absolute atomic E-state index is 12.3. The highest BCUT2D eigenvalue weighted by Gasteiger charge is 2.37. The first kappa shape index (κ1) is 11.8. The molecule has 0 unspecified atom stereocenters. The average Bonchev–Trinajstić information content (AvgIpc) is 3.05. The molecule has 0 radical (unpaired) electrons. The van der Waals surface area contributed by atoms with Crippen LogP contribution >= 0.6 is 11.7 Å². The topological polar surface area (TPSA) is 83.4 Å². The molecule has 1 aliphatic heterocycles. The van der Waals surface area contributed by atoms with Crippen molar-refractivity contribution in [3.63, 3.8) is 0 Å². The number of para-hydroxylation sites is 1. The number of fused-ring (bicyclic) bond motifs is 1. The van der Waals surface area contributed by atoms with Crippen LogP contribution in [0.2, 0.25) is 0 Å². The van der Waals surface area contributed by atoms with E-state index in [2.05, 4.69) is 8.75 Å². The van der Waals surface area contributed by atoms with Gasteiger partial charge in [0.05, 0.1) is 17.9 Å². The van der Waals surface area contributed by atoms with Crippen LogP contribution in [0.25, 0.3) is 0 Å². The van der Waals surface area contributed by atoms with Crippen LogP contribution < -0.4 is 4.90 Å². The molecule has 2 aromatic rings. The number of carboxylic acid groups (broad SMARTS) is 1. The van der Waals surface area contributed by atoms with Gasteiger partial charge in [-0.05, 0) is 11.6 Å². The zero-order valence-electron chi connectivity index (χ0n) is 9.68. The molecule has 19 heavy (non-hydrogen) atoms. The molecule has 0 saturated heterocycles. The van der Waals surface area contributed by atoms with Crippen molar-refractivity contribution in [2.24, 2.45) is 0 Å². The number of carbonyl (C=O) groups is 2. The van der Waals surface area contributed by atoms with Gasteiger partial charge in [0.15, 0.2) is 5.69 Å². The van der Waals surface area contributed by atoms with Gasteiger partial charge in [0.25, 0.3) is 5.91 Å². The van der Waals surface area contributed by atoms with E-state index in [-0.39, 0.29) is 18.1 Å². The quantitative estimate of drug-likeness (QED) is 0.894. The number of aliphatic carboxylic acids is 1. The Balaban J connectivity index is 2.01. The maximum atomic E-state index is 12.3. The fourth-order valence-corrected chi connectivity index (χ4v) is 2.62. The number of amides is 1. The summed E-state index contributed by atoms with van der Waals surface area (Å²) in [5.74, 6) is -1.93. The predicted molar refractivity (Wildman–Crippen MR) is 68.4 cm³/mol. The van der Waals surface area contributed by atoms with Gasteiger partial charge < -0.3 is 10.0 Å². The molecule has 1 atom stereocenters. The van der Waals surface area contributed by atoms with Crippen LogP contribution in [-0.4, -0.2) is 32.3 Å². The van der Waals surface area contributed by atoms with Crippen molar-refractivity contribution in [3.8, 4) is 0 Å². The molecular weight excluding hydrogens is 266 g/mol. The van der Waals surface area contributed by atoms with Crippen molar-refractivity contribution < 1.29 is 14.7 Å². The lowest BCUT2D eigenvalue weighted by molar-refractivity contribution is -0.138. The highest BCUT2D eigenvalue weighted by Crippen LogP contribution is 2.36. The third-order valence-corrected chi connectivity index (χ3v) is 3.57. The Labute approximate surface area is 112 Å². The van der Waals surface area contributed by atoms with Crippen LogP contribution in [0.4, 0.5) is 5.69 Å². The van der Waals surface area contributed by atoms with Crippen LogP contribution in [0, 0.1) is 0 Å². The molecular formula is C12H9N3O3S. The lowest BCUT2D eigenvalue weighted by atomic mass is 10.0. The average molecular weight is 275 g/mol. The number of anilines is 1. The third kappa shape index (κ3) is 1.88. The molecule has 0 fully saturated rings. The van der Waals surface area contributed by atoms with Crippen molar-refractivity contribution in [2.75, 3.05) is 11.4 Å². The molecule has 1 N–H and O–H groups in total. The first-order valence-corrected chi connectivity index (χ1v) is 6.32. The standard InChI is InChI=1S/C12H9N3O3S/c16-11(9-5-13-19-14-9)15-6-8(12(17)18)7-3-1-2-4-10(7)15/h1-5,8H,6H2,(H,17,18)/t8-/m1/s1. The largest absolute Gasteiger partial charge is 0.481 e. The van der Waals surface area contributed by atoms with E-state index in [1.807, 2.05) is 0 Å². The van der Waals surface area contributed by atoms with Crippen molar-refractivity contribution in [1.82, 2.24) is 8.75 Å². The summed E-state index contributed by atoms with van der Waals surface area (Å²) in [7, 11) is 0. The minimum Gasteiger partial charge on any atom is -0.481 e. The van der Waals surface area contributed by atoms with E-state index in [0.29, 0.717) is 11.3 Å². The van der Waals surface area contributed by atoms with Gasteiger partial charge in [0.1, 0.15) is 5.92 Å². The molecule has 0 spiro atoms. The number of aromatic nitrogens is 2. The van der Waals surface area contributed by atoms with E-state index in [4.69, 9.17) is 0 Å². The number of nitrogens with zero attached hydrogens (tertiary/aromatic N) is 3. The molecule has 1 aliphatic rings. The lowest BCUT2D eigenvalue weighted by Crippen LogP contribution is -2.31. The number of carboxylic acids is 1. The fraction of sp³-hybridized carbons (Fsp3) is 0.167. The van der Waals surface area contributed by atoms with E-state index < -0.39 is 11.9 Å². The Bertz CT molecular complexity index is 641. The molecule has 7 heteroatoms. The summed E-state index contributed by atoms with van der Waals surface area (Å²) in [5, 5.41) is 9.23. The Morgan fingerprint density at radius 1 is 1.37 bits per heavy atom. The van der Waals surface area contributed by atoms with E-state index >= 15 is 0 Å². The molecule has 1 amide bonds. The van der Waals surface area contributed by atoms with Gasteiger partial charge in [-0.15, -0.1) is 0 Å². The monoisotopic (exact) mass is 275 g/mol. The Hall–Kier alpha value is -2.28. The van der Waals surface area contributed by atoms with E-state index in [0.717, 1.165) is 11.7 Å². The second-order valence-electron chi connectivity index (χ2n) is 4.16. The van der Waals surface area contributed by atoms with Gasteiger partial charge in [0, 0.05) is 12.2 Å². The highest BCUT2D eigenvalue weighted by atomic mass is 32.1. The number of rotatable bonds is 2. The molecule has 6 nitrogen and oxygen atoms in total. The van der Waals surface area contributed by atoms with Crippen LogP contribution in [0.15, 0.2) is 30.5 Å². The normalized spacial score (nSPS) is 17.3. The molecule has 1 aromatic carbocycles. The molecule has 0 bridgehead atoms. The van der Waals surface area contributed by atoms with Crippen molar-refractivity contribution in [1.29, 1.82) is 0 Å². The van der Waals surface area contributed by atoms with Crippen LogP contribution in [0.5, 0.6) is 0 Å². The minimum atomic E-state index is -0.931. The maximum Gasteiger partial charge on any atom is 0.312 e. The molecule has 0 aliphatic carbocycles. The van der Waals surface area contributed by atoms with Gasteiger partial charge in [-0.3, -0.25) is 9.59 Å². The van der Waals surface area contributed by atoms with E-state index in [9.17, 15) is 14.7 Å². The summed E-state index contributed by atoms with van der Waals surface area (Å²) in [5.41, 5.74) is 1.53. The summed E-state index contributed by atoms with van der Waals surface area (Å²) in [6.45, 7) is 0.130. The summed E-state index contributed by atoms with van der Waals surface area (Å²) in [6, 6.07) is 7.03. The Morgan fingerprint density at radius 2 is 2.16 bits per heavy atom. The molecule has 1 aromatic heterocycles. The zero-order chi connectivity index (χ0) is 13.4. The molecule has 96 valence electrons. The van der Waals surface area contributed by atoms with E-state index in [1.54, 1.807) is 24.3 Å². The third-order valence-electron chi connectivity index (χ3n) is 3.09. The highest BCUT2D eigenvalue weighted by molar-refractivity contribution is 6.99. The van der Waals surface area contributed by atoms with Gasteiger partial charge in [-0.25, -0.2) is 0 Å². The molecule has 3 rings (SSSR count). The van der Waals surface area contributed by atoms with Crippen molar-refractivity contribution in [3.05, 3.63) is 41.7 Å². The zero-order valence-corrected chi connectivity index (χ0v) is 10.5. The Kier molecular flexibility index (Phi) is 2.75. The predicted octanol–water partition coefficient (Wildman–Crippen LogP) is 1.37. The Morgan fingerprint density at radius 3 is 2.84 bits per heavy atom. The second kappa shape index (κ2) is 4.43.